The van der Waals surface area contributed by atoms with Gasteiger partial charge in [-0.15, -0.1) is 0 Å². The summed E-state index contributed by atoms with van der Waals surface area (Å²) in [5, 5.41) is 6.99. The first-order chi connectivity index (χ1) is 11.5. The van der Waals surface area contributed by atoms with Gasteiger partial charge in [-0.3, -0.25) is 4.79 Å². The van der Waals surface area contributed by atoms with Crippen LogP contribution in [0.15, 0.2) is 4.52 Å². The number of carbonyl (C=O) groups excluding carboxylic acids is 2. The Bertz CT molecular complexity index is 565. The van der Waals surface area contributed by atoms with E-state index >= 15 is 0 Å². The smallest absolute Gasteiger partial charge is 0.318 e. The highest BCUT2D eigenvalue weighted by molar-refractivity contribution is 5.84. The number of amides is 3. The molecular formula is C17H28N4O3. The first-order valence-electron chi connectivity index (χ1n) is 8.73. The van der Waals surface area contributed by atoms with Crippen LogP contribution < -0.4 is 5.32 Å². The molecule has 1 aromatic heterocycles. The molecule has 2 heterocycles. The molecule has 7 heteroatoms. The van der Waals surface area contributed by atoms with E-state index in [-0.39, 0.29) is 24.5 Å². The molecule has 24 heavy (non-hydrogen) atoms. The van der Waals surface area contributed by atoms with E-state index in [2.05, 4.69) is 17.4 Å². The number of urea groups is 1. The molecule has 0 bridgehead atoms. The van der Waals surface area contributed by atoms with Crippen LogP contribution in [-0.4, -0.2) is 53.1 Å². The molecule has 0 aromatic carbocycles. The molecule has 1 aromatic rings. The number of nitrogens with one attached hydrogen (secondary N) is 1. The first-order valence-corrected chi connectivity index (χ1v) is 8.73. The highest BCUT2D eigenvalue weighted by Gasteiger charge is 2.27. The first kappa shape index (κ1) is 18.3. The van der Waals surface area contributed by atoms with E-state index in [1.807, 2.05) is 25.7 Å². The molecule has 1 aliphatic heterocycles. The van der Waals surface area contributed by atoms with Crippen LogP contribution in [0.4, 0.5) is 4.79 Å². The topological polar surface area (TPSA) is 78.7 Å². The summed E-state index contributed by atoms with van der Waals surface area (Å²) < 4.78 is 5.21. The average molecular weight is 336 g/mol. The van der Waals surface area contributed by atoms with Crippen LogP contribution in [0.5, 0.6) is 0 Å². The molecule has 1 aliphatic rings. The van der Waals surface area contributed by atoms with Crippen LogP contribution in [0.3, 0.4) is 0 Å². The van der Waals surface area contributed by atoms with Crippen molar-refractivity contribution in [2.75, 3.05) is 26.2 Å². The van der Waals surface area contributed by atoms with Gasteiger partial charge in [0.2, 0.25) is 5.91 Å². The monoisotopic (exact) mass is 336 g/mol. The predicted molar refractivity (Wildman–Crippen MR) is 90.6 cm³/mol. The fraction of sp³-hybridized carbons (Fsp3) is 0.706. The van der Waals surface area contributed by atoms with Gasteiger partial charge in [-0.05, 0) is 33.1 Å². The van der Waals surface area contributed by atoms with Crippen LogP contribution in [-0.2, 0) is 4.79 Å². The summed E-state index contributed by atoms with van der Waals surface area (Å²) >= 11 is 0. The van der Waals surface area contributed by atoms with Crippen LogP contribution >= 0.6 is 0 Å². The van der Waals surface area contributed by atoms with E-state index in [4.69, 9.17) is 4.52 Å². The van der Waals surface area contributed by atoms with Crippen molar-refractivity contribution in [1.29, 1.82) is 0 Å². The number of aryl methyl sites for hydroxylation is 2. The molecular weight excluding hydrogens is 308 g/mol. The Morgan fingerprint density at radius 1 is 1.33 bits per heavy atom. The van der Waals surface area contributed by atoms with Gasteiger partial charge in [0.1, 0.15) is 12.3 Å². The maximum absolute atomic E-state index is 12.6. The van der Waals surface area contributed by atoms with Crippen molar-refractivity contribution in [3.63, 3.8) is 0 Å². The fourth-order valence-electron chi connectivity index (χ4n) is 3.21. The highest BCUT2D eigenvalue weighted by atomic mass is 16.5. The summed E-state index contributed by atoms with van der Waals surface area (Å²) in [6.45, 7) is 9.99. The maximum atomic E-state index is 12.6. The summed E-state index contributed by atoms with van der Waals surface area (Å²) in [5.41, 5.74) is 1.72. The third-order valence-corrected chi connectivity index (χ3v) is 4.46. The van der Waals surface area contributed by atoms with Gasteiger partial charge in [-0.2, -0.15) is 0 Å². The zero-order chi connectivity index (χ0) is 17.7. The predicted octanol–water partition coefficient (Wildman–Crippen LogP) is 2.40. The maximum Gasteiger partial charge on any atom is 0.318 e. The lowest BCUT2D eigenvalue weighted by Crippen LogP contribution is -2.45. The van der Waals surface area contributed by atoms with Gasteiger partial charge in [-0.25, -0.2) is 4.79 Å². The van der Waals surface area contributed by atoms with Gasteiger partial charge in [0.05, 0.1) is 11.7 Å². The minimum absolute atomic E-state index is 0.0230. The number of rotatable bonds is 5. The molecule has 0 spiro atoms. The van der Waals surface area contributed by atoms with Gasteiger partial charge in [0.15, 0.2) is 0 Å². The SMILES string of the molecule is CCCN1CCCN(C(=O)N[C@@H](CC)c2c(C)noc2C)CC1=O. The van der Waals surface area contributed by atoms with Crippen molar-refractivity contribution in [1.82, 2.24) is 20.3 Å². The van der Waals surface area contributed by atoms with Crippen molar-refractivity contribution in [3.8, 4) is 0 Å². The normalized spacial score (nSPS) is 16.9. The largest absolute Gasteiger partial charge is 0.361 e. The lowest BCUT2D eigenvalue weighted by atomic mass is 10.0. The van der Waals surface area contributed by atoms with Crippen molar-refractivity contribution >= 4 is 11.9 Å². The van der Waals surface area contributed by atoms with Crippen molar-refractivity contribution < 1.29 is 14.1 Å². The molecule has 1 N–H and O–H groups in total. The Morgan fingerprint density at radius 3 is 2.67 bits per heavy atom. The van der Waals surface area contributed by atoms with Crippen molar-refractivity contribution in [2.45, 2.75) is 53.0 Å². The fourth-order valence-corrected chi connectivity index (χ4v) is 3.21. The molecule has 1 saturated heterocycles. The molecule has 134 valence electrons. The highest BCUT2D eigenvalue weighted by Crippen LogP contribution is 2.24. The summed E-state index contributed by atoms with van der Waals surface area (Å²) in [4.78, 5) is 28.4. The van der Waals surface area contributed by atoms with Gasteiger partial charge in [-0.1, -0.05) is 19.0 Å². The number of nitrogens with zero attached hydrogens (tertiary/aromatic N) is 3. The number of hydrogen-bond acceptors (Lipinski definition) is 4. The van der Waals surface area contributed by atoms with Gasteiger partial charge in [0.25, 0.3) is 0 Å². The quantitative estimate of drug-likeness (QED) is 0.895. The molecule has 0 aliphatic carbocycles. The number of hydrogen-bond donors (Lipinski definition) is 1. The second kappa shape index (κ2) is 8.17. The van der Waals surface area contributed by atoms with Crippen LogP contribution in [0.2, 0.25) is 0 Å². The third kappa shape index (κ3) is 4.07. The molecule has 3 amide bonds. The van der Waals surface area contributed by atoms with Crippen LogP contribution in [0.1, 0.15) is 56.2 Å². The van der Waals surface area contributed by atoms with E-state index < -0.39 is 0 Å². The average Bonchev–Trinajstić information content (AvgIpc) is 2.77. The van der Waals surface area contributed by atoms with E-state index in [0.29, 0.717) is 6.54 Å². The minimum Gasteiger partial charge on any atom is -0.361 e. The Balaban J connectivity index is 2.04. The molecule has 0 unspecified atom stereocenters. The third-order valence-electron chi connectivity index (χ3n) is 4.46. The van der Waals surface area contributed by atoms with Gasteiger partial charge >= 0.3 is 6.03 Å². The molecule has 1 fully saturated rings. The molecule has 0 saturated carbocycles. The molecule has 7 nitrogen and oxygen atoms in total. The second-order valence-electron chi connectivity index (χ2n) is 6.30. The summed E-state index contributed by atoms with van der Waals surface area (Å²) in [6.07, 6.45) is 2.47. The lowest BCUT2D eigenvalue weighted by molar-refractivity contribution is -0.130. The van der Waals surface area contributed by atoms with E-state index in [9.17, 15) is 9.59 Å². The molecule has 0 radical (unpaired) electrons. The summed E-state index contributed by atoms with van der Waals surface area (Å²) in [6, 6.07) is -0.359. The second-order valence-corrected chi connectivity index (χ2v) is 6.30. The van der Waals surface area contributed by atoms with E-state index in [1.54, 1.807) is 4.90 Å². The summed E-state index contributed by atoms with van der Waals surface area (Å²) in [5.74, 6) is 0.746. The van der Waals surface area contributed by atoms with Crippen molar-refractivity contribution in [3.05, 3.63) is 17.0 Å². The van der Waals surface area contributed by atoms with Gasteiger partial charge < -0.3 is 19.6 Å². The van der Waals surface area contributed by atoms with Crippen LogP contribution in [0, 0.1) is 13.8 Å². The Morgan fingerprint density at radius 2 is 2.08 bits per heavy atom. The number of carbonyl (C=O) groups is 2. The zero-order valence-electron chi connectivity index (χ0n) is 15.1. The van der Waals surface area contributed by atoms with Crippen LogP contribution in [0.25, 0.3) is 0 Å². The Kier molecular flexibility index (Phi) is 6.23. The standard InChI is InChI=1S/C17H28N4O3/c1-5-8-20-9-7-10-21(11-15(20)22)17(23)18-14(6-2)16-12(3)19-24-13(16)4/h14H,5-11H2,1-4H3,(H,18,23)/t14-/m0/s1. The zero-order valence-corrected chi connectivity index (χ0v) is 15.1. The molecule has 1 atom stereocenters. The minimum atomic E-state index is -0.200. The Labute approximate surface area is 143 Å². The molecule has 2 rings (SSSR count). The van der Waals surface area contributed by atoms with Crippen molar-refractivity contribution in [2.24, 2.45) is 0 Å². The van der Waals surface area contributed by atoms with E-state index in [1.165, 1.54) is 0 Å². The van der Waals surface area contributed by atoms with Gasteiger partial charge in [0, 0.05) is 25.2 Å². The number of aromatic nitrogens is 1. The van der Waals surface area contributed by atoms with E-state index in [0.717, 1.165) is 49.4 Å². The summed E-state index contributed by atoms with van der Waals surface area (Å²) in [7, 11) is 0. The Hall–Kier alpha value is -2.05. The lowest BCUT2D eigenvalue weighted by Gasteiger charge is -2.25.